The average molecular weight is 385 g/mol. The normalized spacial score (nSPS) is 12.0. The number of aliphatic carboxylic acids is 2. The molecule has 0 aliphatic heterocycles. The Labute approximate surface area is 164 Å². The summed E-state index contributed by atoms with van der Waals surface area (Å²) in [5.41, 5.74) is 0. The summed E-state index contributed by atoms with van der Waals surface area (Å²) in [5, 5.41) is 17.3. The molecule has 0 rings (SSSR count). The van der Waals surface area contributed by atoms with E-state index in [1.54, 1.807) is 6.92 Å². The van der Waals surface area contributed by atoms with Crippen molar-refractivity contribution in [1.82, 2.24) is 0 Å². The number of rotatable bonds is 20. The van der Waals surface area contributed by atoms with Crippen molar-refractivity contribution in [3.63, 3.8) is 0 Å². The zero-order valence-electron chi connectivity index (χ0n) is 17.2. The Kier molecular flexibility index (Phi) is 17.1. The zero-order valence-corrected chi connectivity index (χ0v) is 17.2. The minimum atomic E-state index is -0.890. The lowest BCUT2D eigenvalue weighted by atomic mass is 10.00. The Hall–Kier alpha value is -1.39. The van der Waals surface area contributed by atoms with Crippen molar-refractivity contribution in [3.8, 4) is 0 Å². The second-order valence-electron chi connectivity index (χ2n) is 7.83. The van der Waals surface area contributed by atoms with Crippen LogP contribution in [0.2, 0.25) is 0 Å². The number of ketones is 1. The third-order valence-electron chi connectivity index (χ3n) is 5.05. The van der Waals surface area contributed by atoms with Gasteiger partial charge in [0.2, 0.25) is 0 Å². The molecule has 0 saturated heterocycles. The summed E-state index contributed by atoms with van der Waals surface area (Å²) in [6.07, 6.45) is 17.3. The van der Waals surface area contributed by atoms with E-state index in [0.29, 0.717) is 12.8 Å². The predicted molar refractivity (Wildman–Crippen MR) is 108 cm³/mol. The molecular weight excluding hydrogens is 344 g/mol. The lowest BCUT2D eigenvalue weighted by molar-refractivity contribution is -0.143. The van der Waals surface area contributed by atoms with E-state index in [2.05, 4.69) is 0 Å². The van der Waals surface area contributed by atoms with Gasteiger partial charge >= 0.3 is 11.9 Å². The molecule has 0 aromatic rings. The van der Waals surface area contributed by atoms with Gasteiger partial charge in [0, 0.05) is 19.3 Å². The van der Waals surface area contributed by atoms with Gasteiger partial charge in [-0.15, -0.1) is 0 Å². The maximum absolute atomic E-state index is 11.6. The van der Waals surface area contributed by atoms with E-state index in [4.69, 9.17) is 10.2 Å². The molecule has 0 bridgehead atoms. The fraction of sp³-hybridized carbons (Fsp3) is 0.864. The van der Waals surface area contributed by atoms with Gasteiger partial charge in [0.25, 0.3) is 0 Å². The SMILES string of the molecule is C[C@H](CC(=O)CCCCCCCCCCCCCCCCC(=O)O)C(=O)O. The maximum atomic E-state index is 11.6. The molecule has 0 aliphatic carbocycles. The highest BCUT2D eigenvalue weighted by molar-refractivity contribution is 5.83. The van der Waals surface area contributed by atoms with Crippen molar-refractivity contribution in [1.29, 1.82) is 0 Å². The first kappa shape index (κ1) is 25.6. The van der Waals surface area contributed by atoms with Crippen LogP contribution in [-0.4, -0.2) is 27.9 Å². The first-order valence-corrected chi connectivity index (χ1v) is 10.9. The third-order valence-corrected chi connectivity index (χ3v) is 5.05. The van der Waals surface area contributed by atoms with Crippen LogP contribution >= 0.6 is 0 Å². The van der Waals surface area contributed by atoms with Crippen LogP contribution in [0.25, 0.3) is 0 Å². The topological polar surface area (TPSA) is 91.7 Å². The number of carboxylic acid groups (broad SMARTS) is 2. The fourth-order valence-electron chi connectivity index (χ4n) is 3.25. The van der Waals surface area contributed by atoms with Crippen molar-refractivity contribution in [3.05, 3.63) is 0 Å². The smallest absolute Gasteiger partial charge is 0.306 e. The zero-order chi connectivity index (χ0) is 20.3. The fourth-order valence-corrected chi connectivity index (χ4v) is 3.25. The van der Waals surface area contributed by atoms with Crippen LogP contribution in [0, 0.1) is 5.92 Å². The molecule has 0 spiro atoms. The summed E-state index contributed by atoms with van der Waals surface area (Å²) < 4.78 is 0. The van der Waals surface area contributed by atoms with Crippen LogP contribution in [0.4, 0.5) is 0 Å². The number of unbranched alkanes of at least 4 members (excludes halogenated alkanes) is 13. The molecule has 0 heterocycles. The largest absolute Gasteiger partial charge is 0.481 e. The van der Waals surface area contributed by atoms with Crippen LogP contribution in [-0.2, 0) is 14.4 Å². The maximum Gasteiger partial charge on any atom is 0.306 e. The van der Waals surface area contributed by atoms with E-state index in [1.165, 1.54) is 51.4 Å². The Morgan fingerprint density at radius 1 is 0.593 bits per heavy atom. The molecular formula is C22H40O5. The number of hydrogen-bond donors (Lipinski definition) is 2. The van der Waals surface area contributed by atoms with Gasteiger partial charge in [-0.3, -0.25) is 14.4 Å². The van der Waals surface area contributed by atoms with E-state index in [0.717, 1.165) is 38.5 Å². The van der Waals surface area contributed by atoms with Gasteiger partial charge in [0.05, 0.1) is 5.92 Å². The summed E-state index contributed by atoms with van der Waals surface area (Å²) in [4.78, 5) is 32.7. The Morgan fingerprint density at radius 3 is 1.26 bits per heavy atom. The number of carboxylic acids is 2. The lowest BCUT2D eigenvalue weighted by Crippen LogP contribution is -2.14. The van der Waals surface area contributed by atoms with Gasteiger partial charge in [-0.25, -0.2) is 0 Å². The van der Waals surface area contributed by atoms with E-state index < -0.39 is 17.9 Å². The van der Waals surface area contributed by atoms with Crippen LogP contribution in [0.1, 0.15) is 116 Å². The van der Waals surface area contributed by atoms with Gasteiger partial charge in [0.15, 0.2) is 0 Å². The molecule has 0 aliphatic rings. The quantitative estimate of drug-likeness (QED) is 0.251. The number of carbonyl (C=O) groups excluding carboxylic acids is 1. The second kappa shape index (κ2) is 18.0. The van der Waals surface area contributed by atoms with Gasteiger partial charge in [0.1, 0.15) is 5.78 Å². The van der Waals surface area contributed by atoms with E-state index in [1.807, 2.05) is 0 Å². The second-order valence-corrected chi connectivity index (χ2v) is 7.83. The van der Waals surface area contributed by atoms with Gasteiger partial charge < -0.3 is 10.2 Å². The van der Waals surface area contributed by atoms with Crippen LogP contribution in [0.3, 0.4) is 0 Å². The Balaban J connectivity index is 3.20. The van der Waals surface area contributed by atoms with E-state index >= 15 is 0 Å². The first-order valence-electron chi connectivity index (χ1n) is 10.9. The van der Waals surface area contributed by atoms with Crippen molar-refractivity contribution >= 4 is 17.7 Å². The molecule has 0 saturated carbocycles. The Bertz CT molecular complexity index is 406. The monoisotopic (exact) mass is 384 g/mol. The highest BCUT2D eigenvalue weighted by atomic mass is 16.4. The third kappa shape index (κ3) is 19.2. The van der Waals surface area contributed by atoms with Crippen molar-refractivity contribution in [2.45, 2.75) is 116 Å². The van der Waals surface area contributed by atoms with Gasteiger partial charge in [-0.1, -0.05) is 84.0 Å². The summed E-state index contributed by atoms with van der Waals surface area (Å²) in [7, 11) is 0. The first-order chi connectivity index (χ1) is 12.9. The molecule has 1 atom stereocenters. The predicted octanol–water partition coefficient (Wildman–Crippen LogP) is 5.99. The highest BCUT2D eigenvalue weighted by Crippen LogP contribution is 2.14. The minimum Gasteiger partial charge on any atom is -0.481 e. The minimum absolute atomic E-state index is 0.0757. The van der Waals surface area contributed by atoms with Crippen LogP contribution in [0.15, 0.2) is 0 Å². The molecule has 0 fully saturated rings. The molecule has 0 amide bonds. The van der Waals surface area contributed by atoms with Crippen molar-refractivity contribution < 1.29 is 24.6 Å². The van der Waals surface area contributed by atoms with Crippen LogP contribution in [0.5, 0.6) is 0 Å². The summed E-state index contributed by atoms with van der Waals surface area (Å²) in [5.74, 6) is -2.06. The molecule has 5 nitrogen and oxygen atoms in total. The molecule has 27 heavy (non-hydrogen) atoms. The highest BCUT2D eigenvalue weighted by Gasteiger charge is 2.15. The number of carbonyl (C=O) groups is 3. The summed E-state index contributed by atoms with van der Waals surface area (Å²) >= 11 is 0. The molecule has 158 valence electrons. The van der Waals surface area contributed by atoms with Gasteiger partial charge in [-0.2, -0.15) is 0 Å². The lowest BCUT2D eigenvalue weighted by Gasteiger charge is -2.05. The molecule has 0 aromatic heterocycles. The molecule has 0 radical (unpaired) electrons. The van der Waals surface area contributed by atoms with Crippen molar-refractivity contribution in [2.24, 2.45) is 5.92 Å². The number of hydrogen-bond acceptors (Lipinski definition) is 3. The van der Waals surface area contributed by atoms with Crippen molar-refractivity contribution in [2.75, 3.05) is 0 Å². The summed E-state index contributed by atoms with van der Waals surface area (Å²) in [6, 6.07) is 0. The van der Waals surface area contributed by atoms with E-state index in [-0.39, 0.29) is 12.2 Å². The molecule has 0 aromatic carbocycles. The molecule has 0 unspecified atom stereocenters. The number of Topliss-reactive ketones (excluding diaryl/α,β-unsaturated/α-hetero) is 1. The molecule has 5 heteroatoms. The standard InChI is InChI=1S/C22H40O5/c1-19(22(26)27)18-20(23)16-14-12-10-8-6-4-2-3-5-7-9-11-13-15-17-21(24)25/h19H,2-18H2,1H3,(H,24,25)(H,26,27)/t19-/m1/s1. The summed E-state index contributed by atoms with van der Waals surface area (Å²) in [6.45, 7) is 1.59. The Morgan fingerprint density at radius 2 is 0.926 bits per heavy atom. The van der Waals surface area contributed by atoms with E-state index in [9.17, 15) is 14.4 Å². The van der Waals surface area contributed by atoms with Gasteiger partial charge in [-0.05, 0) is 12.8 Å². The van der Waals surface area contributed by atoms with Crippen LogP contribution < -0.4 is 0 Å². The molecule has 2 N–H and O–H groups in total. The average Bonchev–Trinajstić information content (AvgIpc) is 2.60.